The number of benzene rings is 1. The number of nitrogens with zero attached hydrogens (tertiary/aromatic N) is 1. The van der Waals surface area contributed by atoms with Gasteiger partial charge in [0.1, 0.15) is 5.75 Å². The average molecular weight is 283 g/mol. The SMILES string of the molecule is CN(C(=O)CCOc1ccc(Cl)cc1)C1CCNC1. The molecule has 1 unspecified atom stereocenters. The van der Waals surface area contributed by atoms with Crippen molar-refractivity contribution in [2.24, 2.45) is 0 Å². The Bertz CT molecular complexity index is 416. The highest BCUT2D eigenvalue weighted by atomic mass is 35.5. The number of halogens is 1. The van der Waals surface area contributed by atoms with Crippen LogP contribution in [0.25, 0.3) is 0 Å². The van der Waals surface area contributed by atoms with Crippen LogP contribution >= 0.6 is 11.6 Å². The molecule has 0 saturated carbocycles. The van der Waals surface area contributed by atoms with Crippen LogP contribution in [0.15, 0.2) is 24.3 Å². The molecule has 104 valence electrons. The summed E-state index contributed by atoms with van der Waals surface area (Å²) in [5.74, 6) is 0.866. The molecule has 1 aromatic rings. The lowest BCUT2D eigenvalue weighted by molar-refractivity contribution is -0.132. The molecule has 1 amide bonds. The molecule has 5 heteroatoms. The monoisotopic (exact) mass is 282 g/mol. The van der Waals surface area contributed by atoms with Crippen molar-refractivity contribution in [3.8, 4) is 5.75 Å². The van der Waals surface area contributed by atoms with Crippen molar-refractivity contribution in [1.82, 2.24) is 10.2 Å². The molecule has 0 aliphatic carbocycles. The molecule has 1 N–H and O–H groups in total. The summed E-state index contributed by atoms with van der Waals surface area (Å²) in [4.78, 5) is 13.8. The van der Waals surface area contributed by atoms with Gasteiger partial charge in [-0.3, -0.25) is 4.79 Å². The van der Waals surface area contributed by atoms with Crippen molar-refractivity contribution in [3.05, 3.63) is 29.3 Å². The minimum Gasteiger partial charge on any atom is -0.493 e. The van der Waals surface area contributed by atoms with Crippen molar-refractivity contribution >= 4 is 17.5 Å². The van der Waals surface area contributed by atoms with Crippen LogP contribution in [0.5, 0.6) is 5.75 Å². The van der Waals surface area contributed by atoms with Crippen molar-refractivity contribution in [2.45, 2.75) is 18.9 Å². The van der Waals surface area contributed by atoms with Gasteiger partial charge >= 0.3 is 0 Å². The lowest BCUT2D eigenvalue weighted by Gasteiger charge is -2.23. The Morgan fingerprint density at radius 3 is 2.84 bits per heavy atom. The molecular formula is C14H19ClN2O2. The fourth-order valence-electron chi connectivity index (χ4n) is 2.14. The average Bonchev–Trinajstić information content (AvgIpc) is 2.94. The molecule has 0 bridgehead atoms. The number of rotatable bonds is 5. The van der Waals surface area contributed by atoms with E-state index in [4.69, 9.17) is 16.3 Å². The molecule has 1 heterocycles. The number of nitrogens with one attached hydrogen (secondary N) is 1. The van der Waals surface area contributed by atoms with E-state index in [1.807, 2.05) is 11.9 Å². The second-order valence-corrected chi connectivity index (χ2v) is 5.14. The Kier molecular flexibility index (Phi) is 5.05. The Labute approximate surface area is 118 Å². The fourth-order valence-corrected chi connectivity index (χ4v) is 2.26. The second-order valence-electron chi connectivity index (χ2n) is 4.70. The largest absolute Gasteiger partial charge is 0.493 e. The number of carbonyl (C=O) groups is 1. The van der Waals surface area contributed by atoms with E-state index in [2.05, 4.69) is 5.32 Å². The first-order valence-corrected chi connectivity index (χ1v) is 6.89. The maximum Gasteiger partial charge on any atom is 0.226 e. The third-order valence-corrected chi connectivity index (χ3v) is 3.63. The van der Waals surface area contributed by atoms with Gasteiger partial charge in [0.05, 0.1) is 13.0 Å². The molecule has 1 saturated heterocycles. The summed E-state index contributed by atoms with van der Waals surface area (Å²) in [6, 6.07) is 7.47. The first-order valence-electron chi connectivity index (χ1n) is 6.51. The van der Waals surface area contributed by atoms with Gasteiger partial charge in [0, 0.05) is 24.7 Å². The number of ether oxygens (including phenoxy) is 1. The number of carbonyl (C=O) groups excluding carboxylic acids is 1. The van der Waals surface area contributed by atoms with E-state index < -0.39 is 0 Å². The summed E-state index contributed by atoms with van der Waals surface area (Å²) in [5.41, 5.74) is 0. The van der Waals surface area contributed by atoms with Gasteiger partial charge < -0.3 is 15.0 Å². The summed E-state index contributed by atoms with van der Waals surface area (Å²) in [6.45, 7) is 2.27. The predicted octanol–water partition coefficient (Wildman–Crippen LogP) is 1.93. The quantitative estimate of drug-likeness (QED) is 0.897. The van der Waals surface area contributed by atoms with E-state index in [1.165, 1.54) is 0 Å². The van der Waals surface area contributed by atoms with E-state index in [-0.39, 0.29) is 5.91 Å². The minimum atomic E-state index is 0.127. The van der Waals surface area contributed by atoms with Crippen LogP contribution in [0.3, 0.4) is 0 Å². The topological polar surface area (TPSA) is 41.6 Å². The molecule has 1 atom stereocenters. The summed E-state index contributed by atoms with van der Waals surface area (Å²) < 4.78 is 5.52. The number of hydrogen-bond donors (Lipinski definition) is 1. The van der Waals surface area contributed by atoms with Gasteiger partial charge in [0.25, 0.3) is 0 Å². The second kappa shape index (κ2) is 6.78. The first-order chi connectivity index (χ1) is 9.16. The van der Waals surface area contributed by atoms with E-state index in [0.717, 1.165) is 25.3 Å². The van der Waals surface area contributed by atoms with Crippen molar-refractivity contribution < 1.29 is 9.53 Å². The molecule has 1 aliphatic heterocycles. The van der Waals surface area contributed by atoms with Crippen LogP contribution < -0.4 is 10.1 Å². The molecule has 0 spiro atoms. The minimum absolute atomic E-state index is 0.127. The third kappa shape index (κ3) is 4.11. The van der Waals surface area contributed by atoms with Gasteiger partial charge in [-0.2, -0.15) is 0 Å². The maximum atomic E-state index is 12.0. The molecule has 1 aromatic carbocycles. The summed E-state index contributed by atoms with van der Waals surface area (Å²) >= 11 is 5.79. The zero-order valence-corrected chi connectivity index (χ0v) is 11.8. The van der Waals surface area contributed by atoms with E-state index >= 15 is 0 Å². The molecule has 1 aliphatic rings. The van der Waals surface area contributed by atoms with Gasteiger partial charge in [-0.15, -0.1) is 0 Å². The highest BCUT2D eigenvalue weighted by Crippen LogP contribution is 2.16. The molecular weight excluding hydrogens is 264 g/mol. The summed E-state index contributed by atoms with van der Waals surface area (Å²) in [5, 5.41) is 3.94. The van der Waals surface area contributed by atoms with Crippen LogP contribution in [0.4, 0.5) is 0 Å². The van der Waals surface area contributed by atoms with Crippen LogP contribution in [0.2, 0.25) is 5.02 Å². The third-order valence-electron chi connectivity index (χ3n) is 3.37. The smallest absolute Gasteiger partial charge is 0.226 e. The molecule has 4 nitrogen and oxygen atoms in total. The highest BCUT2D eigenvalue weighted by molar-refractivity contribution is 6.30. The zero-order valence-electron chi connectivity index (χ0n) is 11.1. The van der Waals surface area contributed by atoms with Gasteiger partial charge in [-0.1, -0.05) is 11.6 Å². The normalized spacial score (nSPS) is 18.3. The molecule has 19 heavy (non-hydrogen) atoms. The van der Waals surface area contributed by atoms with Crippen LogP contribution in [-0.4, -0.2) is 43.6 Å². The van der Waals surface area contributed by atoms with E-state index in [9.17, 15) is 4.79 Å². The Morgan fingerprint density at radius 2 is 2.21 bits per heavy atom. The molecule has 1 fully saturated rings. The fraction of sp³-hybridized carbons (Fsp3) is 0.500. The predicted molar refractivity (Wildman–Crippen MR) is 75.6 cm³/mol. The van der Waals surface area contributed by atoms with E-state index in [0.29, 0.717) is 24.1 Å². The van der Waals surface area contributed by atoms with Crippen molar-refractivity contribution in [1.29, 1.82) is 0 Å². The van der Waals surface area contributed by atoms with Gasteiger partial charge in [-0.05, 0) is 37.2 Å². The lowest BCUT2D eigenvalue weighted by Crippen LogP contribution is -2.38. The zero-order chi connectivity index (χ0) is 13.7. The Balaban J connectivity index is 1.72. The van der Waals surface area contributed by atoms with Crippen LogP contribution in [-0.2, 0) is 4.79 Å². The summed E-state index contributed by atoms with van der Waals surface area (Å²) in [7, 11) is 1.86. The van der Waals surface area contributed by atoms with Gasteiger partial charge in [-0.25, -0.2) is 0 Å². The Hall–Kier alpha value is -1.26. The number of likely N-dealkylation sites (N-methyl/N-ethyl adjacent to an activating group) is 1. The maximum absolute atomic E-state index is 12.0. The highest BCUT2D eigenvalue weighted by Gasteiger charge is 2.22. The molecule has 0 radical (unpaired) electrons. The van der Waals surface area contributed by atoms with E-state index in [1.54, 1.807) is 24.3 Å². The number of amides is 1. The van der Waals surface area contributed by atoms with Crippen LogP contribution in [0.1, 0.15) is 12.8 Å². The van der Waals surface area contributed by atoms with Crippen LogP contribution in [0, 0.1) is 0 Å². The van der Waals surface area contributed by atoms with Gasteiger partial charge in [0.2, 0.25) is 5.91 Å². The number of hydrogen-bond acceptors (Lipinski definition) is 3. The van der Waals surface area contributed by atoms with Crippen molar-refractivity contribution in [2.75, 3.05) is 26.7 Å². The molecule has 2 rings (SSSR count). The lowest BCUT2D eigenvalue weighted by atomic mass is 10.2. The Morgan fingerprint density at radius 1 is 1.47 bits per heavy atom. The van der Waals surface area contributed by atoms with Crippen molar-refractivity contribution in [3.63, 3.8) is 0 Å². The van der Waals surface area contributed by atoms with Gasteiger partial charge in [0.15, 0.2) is 0 Å². The molecule has 0 aromatic heterocycles. The summed E-state index contributed by atoms with van der Waals surface area (Å²) in [6.07, 6.45) is 1.43. The standard InChI is InChI=1S/C14H19ClN2O2/c1-17(12-6-8-16-10-12)14(18)7-9-19-13-4-2-11(15)3-5-13/h2-5,12,16H,6-10H2,1H3. The first kappa shape index (κ1) is 14.2.